The van der Waals surface area contributed by atoms with Crippen molar-refractivity contribution in [2.45, 2.75) is 38.6 Å². The zero-order valence-corrected chi connectivity index (χ0v) is 19.7. The molecule has 0 bridgehead atoms. The summed E-state index contributed by atoms with van der Waals surface area (Å²) in [4.78, 5) is 9.35. The zero-order valence-electron chi connectivity index (χ0n) is 19.7. The zero-order chi connectivity index (χ0) is 23.9. The molecule has 3 heterocycles. The number of aryl methyl sites for hydroxylation is 1. The summed E-state index contributed by atoms with van der Waals surface area (Å²) in [5.74, 6) is 0.986. The standard InChI is InChI=1S/C29H26N4O2/c1-17-11-21-16-31-27(20-9-10-30-26(13-20)19-7-8-19)14-24(21)23(12-17)18(2)32-25-6-4-3-5-22(25)28-15-29(34)33-35-28/h3-6,9-16,18-19,32H,7-8H2,1-2H3,(H,33,34)/t18-/m1/s1. The van der Waals surface area contributed by atoms with E-state index in [0.717, 1.165) is 27.9 Å². The topological polar surface area (TPSA) is 84.1 Å². The van der Waals surface area contributed by atoms with E-state index in [1.54, 1.807) is 0 Å². The van der Waals surface area contributed by atoms with Gasteiger partial charge in [-0.15, -0.1) is 0 Å². The molecule has 0 amide bonds. The number of benzene rings is 2. The minimum Gasteiger partial charge on any atom is -0.491 e. The lowest BCUT2D eigenvalue weighted by Gasteiger charge is -2.20. The molecule has 0 aliphatic heterocycles. The average Bonchev–Trinajstić information content (AvgIpc) is 3.64. The number of pyridine rings is 2. The molecule has 1 aliphatic carbocycles. The number of fused-ring (bicyclic) bond motifs is 1. The van der Waals surface area contributed by atoms with E-state index >= 15 is 0 Å². The Bertz CT molecular complexity index is 1540. The molecular formula is C29H26N4O2. The number of nitrogens with zero attached hydrogens (tertiary/aromatic N) is 3. The summed E-state index contributed by atoms with van der Waals surface area (Å²) >= 11 is 0. The summed E-state index contributed by atoms with van der Waals surface area (Å²) < 4.78 is 5.31. The van der Waals surface area contributed by atoms with Gasteiger partial charge in [0.05, 0.1) is 5.69 Å². The maximum Gasteiger partial charge on any atom is 0.252 e. The second-order valence-electron chi connectivity index (χ2n) is 9.35. The average molecular weight is 463 g/mol. The van der Waals surface area contributed by atoms with E-state index in [0.29, 0.717) is 11.7 Å². The Morgan fingerprint density at radius 2 is 1.89 bits per heavy atom. The van der Waals surface area contributed by atoms with E-state index in [2.05, 4.69) is 53.6 Å². The van der Waals surface area contributed by atoms with E-state index in [4.69, 9.17) is 9.51 Å². The fraction of sp³-hybridized carbons (Fsp3) is 0.207. The van der Waals surface area contributed by atoms with Gasteiger partial charge in [-0.1, -0.05) is 23.8 Å². The highest BCUT2D eigenvalue weighted by Crippen LogP contribution is 2.40. The molecular weight excluding hydrogens is 436 g/mol. The summed E-state index contributed by atoms with van der Waals surface area (Å²) in [7, 11) is 0. The van der Waals surface area contributed by atoms with Gasteiger partial charge >= 0.3 is 0 Å². The lowest BCUT2D eigenvalue weighted by Crippen LogP contribution is -2.08. The third-order valence-electron chi connectivity index (χ3n) is 6.61. The van der Waals surface area contributed by atoms with E-state index < -0.39 is 0 Å². The monoisotopic (exact) mass is 462 g/mol. The highest BCUT2D eigenvalue weighted by Gasteiger charge is 2.25. The van der Waals surface area contributed by atoms with Crippen LogP contribution < -0.4 is 5.32 Å². The largest absolute Gasteiger partial charge is 0.491 e. The molecule has 2 aromatic carbocycles. The third kappa shape index (κ3) is 4.23. The maximum atomic E-state index is 9.65. The number of hydrogen-bond donors (Lipinski definition) is 2. The van der Waals surface area contributed by atoms with Gasteiger partial charge in [0, 0.05) is 58.3 Å². The van der Waals surface area contributed by atoms with Crippen LogP contribution in [0.25, 0.3) is 33.4 Å². The molecule has 6 heteroatoms. The van der Waals surface area contributed by atoms with Crippen molar-refractivity contribution in [1.29, 1.82) is 0 Å². The van der Waals surface area contributed by atoms with E-state index in [9.17, 15) is 5.11 Å². The smallest absolute Gasteiger partial charge is 0.252 e. The van der Waals surface area contributed by atoms with E-state index in [1.807, 2.05) is 42.7 Å². The van der Waals surface area contributed by atoms with Gasteiger partial charge in [-0.05, 0) is 79.2 Å². The van der Waals surface area contributed by atoms with Crippen molar-refractivity contribution in [1.82, 2.24) is 15.1 Å². The van der Waals surface area contributed by atoms with Gasteiger partial charge in [0.2, 0.25) is 0 Å². The summed E-state index contributed by atoms with van der Waals surface area (Å²) in [6.07, 6.45) is 6.32. The molecule has 1 aliphatic rings. The first-order chi connectivity index (χ1) is 17.0. The predicted octanol–water partition coefficient (Wildman–Crippen LogP) is 7.02. The summed E-state index contributed by atoms with van der Waals surface area (Å²) in [6.45, 7) is 4.26. The Morgan fingerprint density at radius 1 is 1.03 bits per heavy atom. The molecule has 0 spiro atoms. The molecule has 6 nitrogen and oxygen atoms in total. The number of rotatable bonds is 6. The second kappa shape index (κ2) is 8.55. The van der Waals surface area contributed by atoms with Crippen molar-refractivity contribution in [3.63, 3.8) is 0 Å². The van der Waals surface area contributed by atoms with Crippen LogP contribution in [-0.2, 0) is 0 Å². The van der Waals surface area contributed by atoms with Crippen LogP contribution in [0.2, 0.25) is 0 Å². The Labute approximate surface area is 203 Å². The fourth-order valence-corrected chi connectivity index (χ4v) is 4.69. The predicted molar refractivity (Wildman–Crippen MR) is 137 cm³/mol. The second-order valence-corrected chi connectivity index (χ2v) is 9.35. The lowest BCUT2D eigenvalue weighted by molar-refractivity contribution is 0.365. The lowest BCUT2D eigenvalue weighted by atomic mass is 9.96. The molecule has 0 unspecified atom stereocenters. The van der Waals surface area contributed by atoms with Crippen LogP contribution in [0.1, 0.15) is 48.5 Å². The van der Waals surface area contributed by atoms with Crippen molar-refractivity contribution in [2.24, 2.45) is 0 Å². The van der Waals surface area contributed by atoms with Crippen LogP contribution >= 0.6 is 0 Å². The minimum absolute atomic E-state index is 0.00443. The molecule has 2 N–H and O–H groups in total. The number of aromatic hydroxyl groups is 1. The Morgan fingerprint density at radius 3 is 2.69 bits per heavy atom. The van der Waals surface area contributed by atoms with Crippen LogP contribution in [0, 0.1) is 6.92 Å². The summed E-state index contributed by atoms with van der Waals surface area (Å²) in [5, 5.41) is 19.2. The van der Waals surface area contributed by atoms with Crippen molar-refractivity contribution >= 4 is 16.5 Å². The summed E-state index contributed by atoms with van der Waals surface area (Å²) in [6, 6.07) is 20.2. The molecule has 6 rings (SSSR count). The number of anilines is 1. The van der Waals surface area contributed by atoms with Gasteiger partial charge < -0.3 is 14.9 Å². The highest BCUT2D eigenvalue weighted by atomic mass is 16.5. The van der Waals surface area contributed by atoms with Crippen molar-refractivity contribution in [2.75, 3.05) is 5.32 Å². The molecule has 1 saturated carbocycles. The highest BCUT2D eigenvalue weighted by molar-refractivity contribution is 5.89. The third-order valence-corrected chi connectivity index (χ3v) is 6.61. The van der Waals surface area contributed by atoms with Gasteiger partial charge in [-0.2, -0.15) is 0 Å². The quantitative estimate of drug-likeness (QED) is 0.282. The summed E-state index contributed by atoms with van der Waals surface area (Å²) in [5.41, 5.74) is 7.35. The maximum absolute atomic E-state index is 9.65. The van der Waals surface area contributed by atoms with Crippen LogP contribution in [0.3, 0.4) is 0 Å². The fourth-order valence-electron chi connectivity index (χ4n) is 4.69. The normalized spacial score (nSPS) is 14.2. The Hall–Kier alpha value is -4.19. The molecule has 3 aromatic heterocycles. The van der Waals surface area contributed by atoms with E-state index in [-0.39, 0.29) is 11.9 Å². The molecule has 5 aromatic rings. The van der Waals surface area contributed by atoms with Crippen LogP contribution in [-0.4, -0.2) is 20.2 Å². The van der Waals surface area contributed by atoms with Crippen LogP contribution in [0.15, 0.2) is 77.6 Å². The number of nitrogens with one attached hydrogen (secondary N) is 1. The molecule has 0 radical (unpaired) electrons. The van der Waals surface area contributed by atoms with Gasteiger partial charge in [0.1, 0.15) is 0 Å². The number of para-hydroxylation sites is 1. The van der Waals surface area contributed by atoms with Crippen molar-refractivity contribution in [3.8, 4) is 28.5 Å². The van der Waals surface area contributed by atoms with Gasteiger partial charge in [-0.25, -0.2) is 0 Å². The van der Waals surface area contributed by atoms with Crippen LogP contribution in [0.4, 0.5) is 5.69 Å². The van der Waals surface area contributed by atoms with Gasteiger partial charge in [0.15, 0.2) is 5.76 Å². The Balaban J connectivity index is 1.39. The molecule has 1 atom stereocenters. The molecule has 1 fully saturated rings. The van der Waals surface area contributed by atoms with Crippen molar-refractivity contribution in [3.05, 3.63) is 89.9 Å². The first-order valence-electron chi connectivity index (χ1n) is 11.9. The Kier molecular flexibility index (Phi) is 5.21. The van der Waals surface area contributed by atoms with Crippen molar-refractivity contribution < 1.29 is 9.63 Å². The first-order valence-corrected chi connectivity index (χ1v) is 11.9. The SMILES string of the molecule is Cc1cc([C@@H](C)Nc2ccccc2-c2cc(O)no2)c2cc(-c3ccnc(C4CC4)c3)ncc2c1. The minimum atomic E-state index is -0.131. The van der Waals surface area contributed by atoms with Gasteiger partial charge in [0.25, 0.3) is 5.88 Å². The van der Waals surface area contributed by atoms with Gasteiger partial charge in [-0.3, -0.25) is 9.97 Å². The molecule has 0 saturated heterocycles. The number of aromatic nitrogens is 3. The van der Waals surface area contributed by atoms with E-state index in [1.165, 1.54) is 41.1 Å². The van der Waals surface area contributed by atoms with Crippen LogP contribution in [0.5, 0.6) is 5.88 Å². The molecule has 35 heavy (non-hydrogen) atoms. The number of hydrogen-bond acceptors (Lipinski definition) is 6. The molecule has 174 valence electrons. The first kappa shape index (κ1) is 21.4.